The molecule has 94 valence electrons. The van der Waals surface area contributed by atoms with E-state index in [-0.39, 0.29) is 0 Å². The summed E-state index contributed by atoms with van der Waals surface area (Å²) in [5, 5.41) is 15.7. The number of allylic oxidation sites excluding steroid dienone is 1. The third kappa shape index (κ3) is 2.97. The predicted octanol–water partition coefficient (Wildman–Crippen LogP) is -0.147. The fourth-order valence-corrected chi connectivity index (χ4v) is 1.50. The average Bonchev–Trinajstić information content (AvgIpc) is 2.80. The van der Waals surface area contributed by atoms with Crippen molar-refractivity contribution in [2.75, 3.05) is 7.11 Å². The first-order valence-corrected chi connectivity index (χ1v) is 4.97. The molecule has 7 heteroatoms. The van der Waals surface area contributed by atoms with E-state index in [1.54, 1.807) is 0 Å². The molecule has 7 nitrogen and oxygen atoms in total. The van der Waals surface area contributed by atoms with Gasteiger partial charge in [-0.1, -0.05) is 0 Å². The minimum absolute atomic E-state index is 0.438. The summed E-state index contributed by atoms with van der Waals surface area (Å²) in [6.07, 6.45) is 2.99. The molecule has 0 amide bonds. The summed E-state index contributed by atoms with van der Waals surface area (Å²) in [5.41, 5.74) is -0.945. The zero-order valence-corrected chi connectivity index (χ0v) is 9.29. The van der Waals surface area contributed by atoms with Gasteiger partial charge in [0.15, 0.2) is 6.23 Å². The summed E-state index contributed by atoms with van der Waals surface area (Å²) in [6.45, 7) is 0. The molecule has 3 N–H and O–H groups in total. The van der Waals surface area contributed by atoms with Gasteiger partial charge in [-0.2, -0.15) is 0 Å². The Kier molecular flexibility index (Phi) is 4.53. The zero-order valence-electron chi connectivity index (χ0n) is 9.29. The number of aliphatic hydroxyl groups is 2. The summed E-state index contributed by atoms with van der Waals surface area (Å²) >= 11 is 0. The number of nitrogens with zero attached hydrogens (tertiary/aromatic N) is 1. The molecule has 0 spiro atoms. The van der Waals surface area contributed by atoms with Crippen molar-refractivity contribution < 1.29 is 14.9 Å². The van der Waals surface area contributed by atoms with E-state index in [9.17, 15) is 9.59 Å². The third-order valence-electron chi connectivity index (χ3n) is 2.23. The first-order chi connectivity index (χ1) is 8.20. The van der Waals surface area contributed by atoms with Crippen LogP contribution in [0.1, 0.15) is 19.1 Å². The molecule has 0 aliphatic carbocycles. The summed E-state index contributed by atoms with van der Waals surface area (Å²) in [4.78, 5) is 24.3. The fourth-order valence-electron chi connectivity index (χ4n) is 1.50. The Bertz CT molecular complexity index is 502. The van der Waals surface area contributed by atoms with Crippen molar-refractivity contribution in [3.63, 3.8) is 0 Å². The van der Waals surface area contributed by atoms with Gasteiger partial charge in [0.05, 0.1) is 0 Å². The van der Waals surface area contributed by atoms with Gasteiger partial charge in [0.25, 0.3) is 5.56 Å². The van der Waals surface area contributed by atoms with Gasteiger partial charge in [-0.15, -0.1) is 0 Å². The highest BCUT2D eigenvalue weighted by molar-refractivity contribution is 4.95. The molecule has 1 aromatic rings. The largest absolute Gasteiger partial charge is 0.512 e. The molecule has 0 radical (unpaired) electrons. The van der Waals surface area contributed by atoms with Crippen molar-refractivity contribution in [1.82, 2.24) is 9.55 Å². The number of aromatic amines is 1. The van der Waals surface area contributed by atoms with Crippen LogP contribution in [0, 0.1) is 0 Å². The van der Waals surface area contributed by atoms with Crippen LogP contribution in [0.4, 0.5) is 0 Å². The second kappa shape index (κ2) is 5.90. The molecule has 0 aromatic carbocycles. The van der Waals surface area contributed by atoms with Crippen LogP contribution in [-0.4, -0.2) is 26.9 Å². The molecule has 0 bridgehead atoms. The molecule has 1 fully saturated rings. The number of nitrogens with one attached hydrogen (secondary N) is 1. The van der Waals surface area contributed by atoms with Crippen LogP contribution < -0.4 is 11.2 Å². The second-order valence-electron chi connectivity index (χ2n) is 3.22. The molecule has 1 aliphatic heterocycles. The molecule has 17 heavy (non-hydrogen) atoms. The van der Waals surface area contributed by atoms with E-state index in [0.29, 0.717) is 18.6 Å². The number of hydrogen-bond acceptors (Lipinski definition) is 5. The van der Waals surface area contributed by atoms with Crippen molar-refractivity contribution in [2.45, 2.75) is 19.1 Å². The van der Waals surface area contributed by atoms with E-state index in [0.717, 1.165) is 13.4 Å². The maximum absolute atomic E-state index is 11.4. The van der Waals surface area contributed by atoms with Crippen molar-refractivity contribution in [3.05, 3.63) is 45.1 Å². The second-order valence-corrected chi connectivity index (χ2v) is 3.22. The predicted molar refractivity (Wildman–Crippen MR) is 59.5 cm³/mol. The van der Waals surface area contributed by atoms with E-state index in [1.807, 2.05) is 0 Å². The van der Waals surface area contributed by atoms with E-state index in [4.69, 9.17) is 14.9 Å². The van der Waals surface area contributed by atoms with Crippen LogP contribution in [-0.2, 0) is 4.74 Å². The normalized spacial score (nSPS) is 20.6. The molecule has 1 aliphatic rings. The Hall–Kier alpha value is -2.02. The summed E-state index contributed by atoms with van der Waals surface area (Å²) in [7, 11) is 1.00. The quantitative estimate of drug-likeness (QED) is 0.594. The lowest BCUT2D eigenvalue weighted by Crippen LogP contribution is -2.31. The minimum Gasteiger partial charge on any atom is -0.512 e. The van der Waals surface area contributed by atoms with Gasteiger partial charge in [0.1, 0.15) is 12.0 Å². The maximum Gasteiger partial charge on any atom is 0.331 e. The molecule has 1 atom stereocenters. The third-order valence-corrected chi connectivity index (χ3v) is 2.23. The molecule has 2 rings (SSSR count). The lowest BCUT2D eigenvalue weighted by molar-refractivity contribution is 0.0887. The number of rotatable bonds is 1. The van der Waals surface area contributed by atoms with Gasteiger partial charge >= 0.3 is 5.69 Å². The van der Waals surface area contributed by atoms with Crippen LogP contribution in [0.25, 0.3) is 0 Å². The van der Waals surface area contributed by atoms with Gasteiger partial charge in [0.2, 0.25) is 0 Å². The highest BCUT2D eigenvalue weighted by atomic mass is 16.5. The number of hydrogen-bond donors (Lipinski definition) is 3. The van der Waals surface area contributed by atoms with Crippen LogP contribution in [0.5, 0.6) is 0 Å². The van der Waals surface area contributed by atoms with Gasteiger partial charge in [-0.25, -0.2) is 4.79 Å². The van der Waals surface area contributed by atoms with Crippen molar-refractivity contribution >= 4 is 0 Å². The summed E-state index contributed by atoms with van der Waals surface area (Å²) < 4.78 is 6.56. The zero-order chi connectivity index (χ0) is 12.8. The van der Waals surface area contributed by atoms with Crippen molar-refractivity contribution in [3.8, 4) is 0 Å². The van der Waals surface area contributed by atoms with Gasteiger partial charge in [0, 0.05) is 32.2 Å². The standard InChI is InChI=1S/C9H10N2O4.CH4O/c12-5-6-1-2-8(15-6)11-4-3-7(13)10-9(11)14;1-2/h3-5,8,12H,1-2H2,(H,10,13,14);2H,1H3/b6-5+;. The van der Waals surface area contributed by atoms with Crippen LogP contribution in [0.15, 0.2) is 33.9 Å². The lowest BCUT2D eigenvalue weighted by Gasteiger charge is -2.12. The summed E-state index contributed by atoms with van der Waals surface area (Å²) in [5.74, 6) is 0.443. The minimum atomic E-state index is -0.508. The number of H-pyrrole nitrogens is 1. The fraction of sp³-hybridized carbons (Fsp3) is 0.400. The Labute approximate surface area is 96.6 Å². The first-order valence-electron chi connectivity index (χ1n) is 4.97. The van der Waals surface area contributed by atoms with Crippen molar-refractivity contribution in [2.24, 2.45) is 0 Å². The van der Waals surface area contributed by atoms with Crippen molar-refractivity contribution in [1.29, 1.82) is 0 Å². The average molecular weight is 242 g/mol. The highest BCUT2D eigenvalue weighted by Crippen LogP contribution is 2.28. The van der Waals surface area contributed by atoms with Crippen LogP contribution >= 0.6 is 0 Å². The van der Waals surface area contributed by atoms with Gasteiger partial charge in [-0.3, -0.25) is 14.3 Å². The number of ether oxygens (including phenoxy) is 1. The summed E-state index contributed by atoms with van der Waals surface area (Å²) in [6, 6.07) is 1.26. The molecule has 1 aromatic heterocycles. The molecular formula is C10H14N2O5. The smallest absolute Gasteiger partial charge is 0.331 e. The topological polar surface area (TPSA) is 105 Å². The molecular weight excluding hydrogens is 228 g/mol. The van der Waals surface area contributed by atoms with E-state index in [2.05, 4.69) is 4.98 Å². The first kappa shape index (κ1) is 13.0. The SMILES string of the molecule is CO.O=c1ccn(C2CC/C(=C\O)O2)c(=O)[nH]1. The molecule has 2 heterocycles. The monoisotopic (exact) mass is 242 g/mol. The van der Waals surface area contributed by atoms with Gasteiger partial charge < -0.3 is 14.9 Å². The van der Waals surface area contributed by atoms with E-state index < -0.39 is 17.5 Å². The highest BCUT2D eigenvalue weighted by Gasteiger charge is 2.22. The van der Waals surface area contributed by atoms with E-state index in [1.165, 1.54) is 16.8 Å². The lowest BCUT2D eigenvalue weighted by atomic mass is 10.3. The molecule has 0 saturated carbocycles. The Morgan fingerprint density at radius 1 is 1.53 bits per heavy atom. The number of aromatic nitrogens is 2. The maximum atomic E-state index is 11.4. The Balaban J connectivity index is 0.000000686. The molecule has 1 saturated heterocycles. The van der Waals surface area contributed by atoms with Crippen LogP contribution in [0.2, 0.25) is 0 Å². The van der Waals surface area contributed by atoms with Gasteiger partial charge in [-0.05, 0) is 0 Å². The number of aliphatic hydroxyl groups excluding tert-OH is 2. The van der Waals surface area contributed by atoms with Crippen LogP contribution in [0.3, 0.4) is 0 Å². The molecule has 1 unspecified atom stereocenters. The Morgan fingerprint density at radius 2 is 2.24 bits per heavy atom. The Morgan fingerprint density at radius 3 is 2.76 bits per heavy atom. The van der Waals surface area contributed by atoms with E-state index >= 15 is 0 Å².